The Kier molecular flexibility index (Phi) is 5.58. The van der Waals surface area contributed by atoms with Gasteiger partial charge in [0.15, 0.2) is 0 Å². The highest BCUT2D eigenvalue weighted by molar-refractivity contribution is 7.91. The van der Waals surface area contributed by atoms with E-state index < -0.39 is 10.0 Å². The first-order valence-electron chi connectivity index (χ1n) is 5.59. The van der Waals surface area contributed by atoms with E-state index in [2.05, 4.69) is 4.72 Å². The van der Waals surface area contributed by atoms with E-state index in [1.54, 1.807) is 12.1 Å². The van der Waals surface area contributed by atoms with Crippen LogP contribution in [0.1, 0.15) is 25.1 Å². The smallest absolute Gasteiger partial charge is 0.250 e. The third-order valence-electron chi connectivity index (χ3n) is 2.04. The summed E-state index contributed by atoms with van der Waals surface area (Å²) in [6, 6.07) is 3.44. The minimum absolute atomic E-state index is 0.187. The first kappa shape index (κ1) is 14.6. The summed E-state index contributed by atoms with van der Waals surface area (Å²) in [5.74, 6) is 0. The van der Waals surface area contributed by atoms with Gasteiger partial charge in [0.1, 0.15) is 4.21 Å². The Labute approximate surface area is 107 Å². The lowest BCUT2D eigenvalue weighted by Crippen LogP contribution is -2.25. The van der Waals surface area contributed by atoms with Crippen LogP contribution < -0.4 is 4.72 Å². The molecule has 17 heavy (non-hydrogen) atoms. The average Bonchev–Trinajstić information content (AvgIpc) is 2.64. The number of thiophene rings is 1. The summed E-state index contributed by atoms with van der Waals surface area (Å²) in [5.41, 5.74) is 0. The Morgan fingerprint density at radius 1 is 1.41 bits per heavy atom. The fourth-order valence-corrected chi connectivity index (χ4v) is 3.63. The molecule has 1 aromatic heterocycles. The third-order valence-corrected chi connectivity index (χ3v) is 5.00. The van der Waals surface area contributed by atoms with E-state index in [9.17, 15) is 8.42 Å². The zero-order valence-corrected chi connectivity index (χ0v) is 12.0. The maximum absolute atomic E-state index is 11.8. The van der Waals surface area contributed by atoms with E-state index in [0.717, 1.165) is 4.88 Å². The van der Waals surface area contributed by atoms with Crippen LogP contribution in [0.2, 0.25) is 0 Å². The predicted octanol–water partition coefficient (Wildman–Crippen LogP) is 2.15. The van der Waals surface area contributed by atoms with Gasteiger partial charge in [0.05, 0.1) is 6.10 Å². The topological polar surface area (TPSA) is 55.4 Å². The molecule has 0 atom stereocenters. The summed E-state index contributed by atoms with van der Waals surface area (Å²) in [6.45, 7) is 6.78. The monoisotopic (exact) mass is 277 g/mol. The van der Waals surface area contributed by atoms with Crippen molar-refractivity contribution in [2.75, 3.05) is 13.2 Å². The van der Waals surface area contributed by atoms with E-state index in [1.807, 2.05) is 20.8 Å². The zero-order chi connectivity index (χ0) is 12.9. The van der Waals surface area contributed by atoms with Crippen molar-refractivity contribution in [2.45, 2.75) is 37.5 Å². The third kappa shape index (κ3) is 5.16. The molecular weight excluding hydrogens is 258 g/mol. The summed E-state index contributed by atoms with van der Waals surface area (Å²) < 4.78 is 31.9. The van der Waals surface area contributed by atoms with Crippen molar-refractivity contribution < 1.29 is 13.2 Å². The van der Waals surface area contributed by atoms with E-state index in [1.165, 1.54) is 11.3 Å². The van der Waals surface area contributed by atoms with Crippen molar-refractivity contribution in [3.05, 3.63) is 17.0 Å². The lowest BCUT2D eigenvalue weighted by Gasteiger charge is -2.07. The van der Waals surface area contributed by atoms with Crippen LogP contribution in [0.4, 0.5) is 0 Å². The van der Waals surface area contributed by atoms with Crippen molar-refractivity contribution in [2.24, 2.45) is 0 Å². The fraction of sp³-hybridized carbons (Fsp3) is 0.636. The first-order valence-corrected chi connectivity index (χ1v) is 7.89. The second kappa shape index (κ2) is 6.49. The molecule has 0 aliphatic heterocycles. The van der Waals surface area contributed by atoms with Crippen molar-refractivity contribution in [3.8, 4) is 0 Å². The molecule has 0 fully saturated rings. The van der Waals surface area contributed by atoms with Gasteiger partial charge in [-0.1, -0.05) is 0 Å². The van der Waals surface area contributed by atoms with Crippen LogP contribution in [0.5, 0.6) is 0 Å². The molecule has 1 N–H and O–H groups in total. The Morgan fingerprint density at radius 3 is 2.65 bits per heavy atom. The lowest BCUT2D eigenvalue weighted by molar-refractivity contribution is 0.0778. The summed E-state index contributed by atoms with van der Waals surface area (Å²) in [4.78, 5) is 0.994. The first-order chi connectivity index (χ1) is 7.92. The largest absolute Gasteiger partial charge is 0.379 e. The highest BCUT2D eigenvalue weighted by Crippen LogP contribution is 2.20. The standard InChI is InChI=1S/C11H19NO3S2/c1-9(2)15-8-4-7-12-17(13,14)11-6-5-10(3)16-11/h5-6,9,12H,4,7-8H2,1-3H3. The van der Waals surface area contributed by atoms with Crippen LogP contribution in [0.25, 0.3) is 0 Å². The molecule has 1 rings (SSSR count). The minimum atomic E-state index is -3.33. The molecule has 0 amide bonds. The van der Waals surface area contributed by atoms with Crippen LogP contribution in [0, 0.1) is 6.92 Å². The molecule has 0 bridgehead atoms. The second-order valence-electron chi connectivity index (χ2n) is 4.04. The molecule has 0 spiro atoms. The Morgan fingerprint density at radius 2 is 2.12 bits per heavy atom. The molecule has 6 heteroatoms. The number of nitrogens with one attached hydrogen (secondary N) is 1. The van der Waals surface area contributed by atoms with Crippen LogP contribution >= 0.6 is 11.3 Å². The summed E-state index contributed by atoms with van der Waals surface area (Å²) in [6.07, 6.45) is 0.869. The number of hydrogen-bond acceptors (Lipinski definition) is 4. The molecule has 0 saturated carbocycles. The molecule has 98 valence electrons. The molecule has 0 aliphatic rings. The molecular formula is C11H19NO3S2. The van der Waals surface area contributed by atoms with Gasteiger partial charge in [-0.15, -0.1) is 11.3 Å². The van der Waals surface area contributed by atoms with E-state index >= 15 is 0 Å². The lowest BCUT2D eigenvalue weighted by atomic mass is 10.4. The summed E-state index contributed by atoms with van der Waals surface area (Å²) in [7, 11) is -3.33. The number of rotatable bonds is 7. The van der Waals surface area contributed by atoms with Gasteiger partial charge in [-0.2, -0.15) is 0 Å². The van der Waals surface area contributed by atoms with Gasteiger partial charge in [0.2, 0.25) is 10.0 Å². The number of sulfonamides is 1. The fourth-order valence-electron chi connectivity index (χ4n) is 1.23. The molecule has 1 heterocycles. The Hall–Kier alpha value is -0.430. The average molecular weight is 277 g/mol. The Bertz CT molecular complexity index is 437. The van der Waals surface area contributed by atoms with Crippen LogP contribution in [-0.2, 0) is 14.8 Å². The van der Waals surface area contributed by atoms with E-state index in [0.29, 0.717) is 23.8 Å². The van der Waals surface area contributed by atoms with Gasteiger partial charge >= 0.3 is 0 Å². The highest BCUT2D eigenvalue weighted by Gasteiger charge is 2.14. The van der Waals surface area contributed by atoms with Crippen LogP contribution in [0.15, 0.2) is 16.3 Å². The van der Waals surface area contributed by atoms with Gasteiger partial charge in [-0.05, 0) is 39.3 Å². The van der Waals surface area contributed by atoms with Crippen molar-refractivity contribution >= 4 is 21.4 Å². The maximum atomic E-state index is 11.8. The predicted molar refractivity (Wildman–Crippen MR) is 69.9 cm³/mol. The van der Waals surface area contributed by atoms with Gasteiger partial charge < -0.3 is 4.74 Å². The SMILES string of the molecule is Cc1ccc(S(=O)(=O)NCCCOC(C)C)s1. The quantitative estimate of drug-likeness (QED) is 0.777. The molecule has 4 nitrogen and oxygen atoms in total. The van der Waals surface area contributed by atoms with Crippen LogP contribution in [-0.4, -0.2) is 27.7 Å². The molecule has 0 radical (unpaired) electrons. The molecule has 0 aliphatic carbocycles. The van der Waals surface area contributed by atoms with Crippen LogP contribution in [0.3, 0.4) is 0 Å². The van der Waals surface area contributed by atoms with E-state index in [-0.39, 0.29) is 6.10 Å². The second-order valence-corrected chi connectivity index (χ2v) is 7.32. The molecule has 0 aromatic carbocycles. The van der Waals surface area contributed by atoms with Gasteiger partial charge in [0.25, 0.3) is 0 Å². The van der Waals surface area contributed by atoms with Gasteiger partial charge in [-0.25, -0.2) is 13.1 Å². The Balaban J connectivity index is 2.36. The number of ether oxygens (including phenoxy) is 1. The van der Waals surface area contributed by atoms with Crippen molar-refractivity contribution in [1.29, 1.82) is 0 Å². The molecule has 0 saturated heterocycles. The highest BCUT2D eigenvalue weighted by atomic mass is 32.2. The van der Waals surface area contributed by atoms with Gasteiger partial charge in [-0.3, -0.25) is 0 Å². The molecule has 1 aromatic rings. The number of hydrogen-bond donors (Lipinski definition) is 1. The summed E-state index contributed by atoms with van der Waals surface area (Å²) in [5, 5.41) is 0. The zero-order valence-electron chi connectivity index (χ0n) is 10.4. The van der Waals surface area contributed by atoms with Crippen molar-refractivity contribution in [1.82, 2.24) is 4.72 Å². The minimum Gasteiger partial charge on any atom is -0.379 e. The summed E-state index contributed by atoms with van der Waals surface area (Å²) >= 11 is 1.28. The maximum Gasteiger partial charge on any atom is 0.250 e. The normalized spacial score (nSPS) is 12.2. The van der Waals surface area contributed by atoms with Gasteiger partial charge in [0, 0.05) is 18.0 Å². The van der Waals surface area contributed by atoms with E-state index in [4.69, 9.17) is 4.74 Å². The number of aryl methyl sites for hydroxylation is 1. The van der Waals surface area contributed by atoms with Crippen molar-refractivity contribution in [3.63, 3.8) is 0 Å². The molecule has 0 unspecified atom stereocenters.